The van der Waals surface area contributed by atoms with E-state index in [-0.39, 0.29) is 5.91 Å². The first-order chi connectivity index (χ1) is 11.5. The van der Waals surface area contributed by atoms with E-state index in [4.69, 9.17) is 0 Å². The summed E-state index contributed by atoms with van der Waals surface area (Å²) >= 11 is 1.54. The van der Waals surface area contributed by atoms with E-state index in [0.29, 0.717) is 0 Å². The number of thiophene rings is 1. The van der Waals surface area contributed by atoms with Gasteiger partial charge in [0.15, 0.2) is 0 Å². The fraction of sp³-hybridized carbons (Fsp3) is 0.368. The molecule has 2 aromatic heterocycles. The zero-order chi connectivity index (χ0) is 17.0. The molecular formula is C19H21N3OS. The number of hydrogen-bond donors (Lipinski definition) is 0. The molecule has 124 valence electrons. The highest BCUT2D eigenvalue weighted by molar-refractivity contribution is 7.20. The lowest BCUT2D eigenvalue weighted by Gasteiger charge is -2.30. The standard InChI is InChI=1S/C19H21N3OS/c1-11-8-12(2)14-6-5-7-22(16(14)9-11)18(23)17-10-15-13(3)20-21(4)19(15)24-17/h8-10H,5-7H2,1-4H3. The lowest BCUT2D eigenvalue weighted by Crippen LogP contribution is -2.35. The number of amides is 1. The Hall–Kier alpha value is -2.14. The molecule has 5 heteroatoms. The fourth-order valence-electron chi connectivity index (χ4n) is 3.73. The summed E-state index contributed by atoms with van der Waals surface area (Å²) in [4.78, 5) is 17.0. The first-order valence-corrected chi connectivity index (χ1v) is 9.12. The molecule has 3 heterocycles. The summed E-state index contributed by atoms with van der Waals surface area (Å²) in [6.07, 6.45) is 2.08. The number of aromatic nitrogens is 2. The van der Waals surface area contributed by atoms with Gasteiger partial charge in [0.05, 0.1) is 10.6 Å². The number of nitrogens with zero attached hydrogens (tertiary/aromatic N) is 3. The van der Waals surface area contributed by atoms with Crippen molar-refractivity contribution in [2.45, 2.75) is 33.6 Å². The fourth-order valence-corrected chi connectivity index (χ4v) is 4.80. The zero-order valence-corrected chi connectivity index (χ0v) is 15.3. The van der Waals surface area contributed by atoms with Crippen molar-refractivity contribution in [3.05, 3.63) is 45.5 Å². The van der Waals surface area contributed by atoms with Crippen LogP contribution < -0.4 is 4.90 Å². The molecule has 4 nitrogen and oxygen atoms in total. The number of benzene rings is 1. The highest BCUT2D eigenvalue weighted by atomic mass is 32.1. The quantitative estimate of drug-likeness (QED) is 0.668. The number of carbonyl (C=O) groups excluding carboxylic acids is 1. The first-order valence-electron chi connectivity index (χ1n) is 8.31. The zero-order valence-electron chi connectivity index (χ0n) is 14.5. The third-order valence-corrected chi connectivity index (χ3v) is 6.04. The van der Waals surface area contributed by atoms with Gasteiger partial charge in [0.25, 0.3) is 5.91 Å². The summed E-state index contributed by atoms with van der Waals surface area (Å²) in [5.41, 5.74) is 5.89. The van der Waals surface area contributed by atoms with Gasteiger partial charge in [0.1, 0.15) is 4.83 Å². The summed E-state index contributed by atoms with van der Waals surface area (Å²) in [5.74, 6) is 0.113. The van der Waals surface area contributed by atoms with Crippen molar-refractivity contribution in [1.29, 1.82) is 0 Å². The Balaban J connectivity index is 1.79. The maximum absolute atomic E-state index is 13.2. The Morgan fingerprint density at radius 2 is 2.00 bits per heavy atom. The van der Waals surface area contributed by atoms with E-state index >= 15 is 0 Å². The molecule has 0 fully saturated rings. The molecule has 24 heavy (non-hydrogen) atoms. The molecular weight excluding hydrogens is 318 g/mol. The minimum atomic E-state index is 0.113. The van der Waals surface area contributed by atoms with Gasteiger partial charge in [-0.1, -0.05) is 6.07 Å². The van der Waals surface area contributed by atoms with Gasteiger partial charge < -0.3 is 4.90 Å². The van der Waals surface area contributed by atoms with Crippen molar-refractivity contribution in [3.63, 3.8) is 0 Å². The van der Waals surface area contributed by atoms with Crippen LogP contribution in [0.25, 0.3) is 10.2 Å². The van der Waals surface area contributed by atoms with Crippen molar-refractivity contribution >= 4 is 33.1 Å². The molecule has 0 aliphatic carbocycles. The van der Waals surface area contributed by atoms with Gasteiger partial charge in [0.2, 0.25) is 0 Å². The molecule has 0 spiro atoms. The van der Waals surface area contributed by atoms with Crippen molar-refractivity contribution in [2.24, 2.45) is 7.05 Å². The van der Waals surface area contributed by atoms with Crippen molar-refractivity contribution in [3.8, 4) is 0 Å². The summed E-state index contributed by atoms with van der Waals surface area (Å²) in [7, 11) is 1.93. The second kappa shape index (κ2) is 5.45. The van der Waals surface area contributed by atoms with Gasteiger partial charge in [-0.3, -0.25) is 9.48 Å². The Labute approximate surface area is 145 Å². The number of anilines is 1. The molecule has 4 rings (SSSR count). The van der Waals surface area contributed by atoms with Gasteiger partial charge >= 0.3 is 0 Å². The molecule has 0 unspecified atom stereocenters. The van der Waals surface area contributed by atoms with Crippen LogP contribution in [0.2, 0.25) is 0 Å². The molecule has 0 saturated carbocycles. The Morgan fingerprint density at radius 3 is 2.75 bits per heavy atom. The molecule has 0 saturated heterocycles. The summed E-state index contributed by atoms with van der Waals surface area (Å²) in [6.45, 7) is 7.03. The van der Waals surface area contributed by atoms with Gasteiger partial charge in [-0.05, 0) is 62.4 Å². The van der Waals surface area contributed by atoms with E-state index in [1.54, 1.807) is 0 Å². The van der Waals surface area contributed by atoms with Crippen LogP contribution in [-0.4, -0.2) is 22.2 Å². The van der Waals surface area contributed by atoms with Crippen LogP contribution in [0.5, 0.6) is 0 Å². The van der Waals surface area contributed by atoms with Crippen LogP contribution in [0.15, 0.2) is 18.2 Å². The van der Waals surface area contributed by atoms with E-state index in [0.717, 1.165) is 45.9 Å². The van der Waals surface area contributed by atoms with Crippen LogP contribution in [-0.2, 0) is 13.5 Å². The molecule has 0 bridgehead atoms. The van der Waals surface area contributed by atoms with Gasteiger partial charge in [-0.2, -0.15) is 5.10 Å². The molecule has 1 aromatic carbocycles. The smallest absolute Gasteiger partial charge is 0.268 e. The summed E-state index contributed by atoms with van der Waals surface area (Å²) in [6, 6.07) is 6.36. The van der Waals surface area contributed by atoms with Gasteiger partial charge in [-0.15, -0.1) is 11.3 Å². The van der Waals surface area contributed by atoms with Crippen LogP contribution in [0.3, 0.4) is 0 Å². The topological polar surface area (TPSA) is 38.1 Å². The van der Waals surface area contributed by atoms with Crippen molar-refractivity contribution in [2.75, 3.05) is 11.4 Å². The van der Waals surface area contributed by atoms with E-state index < -0.39 is 0 Å². The lowest BCUT2D eigenvalue weighted by molar-refractivity contribution is 0.0989. The number of fused-ring (bicyclic) bond motifs is 2. The number of carbonyl (C=O) groups is 1. The Morgan fingerprint density at radius 1 is 1.21 bits per heavy atom. The molecule has 0 atom stereocenters. The predicted octanol–water partition coefficient (Wildman–Crippen LogP) is 4.15. The van der Waals surface area contributed by atoms with Crippen LogP contribution in [0, 0.1) is 20.8 Å². The summed E-state index contributed by atoms with van der Waals surface area (Å²) < 4.78 is 1.87. The lowest BCUT2D eigenvalue weighted by atomic mass is 9.95. The van der Waals surface area contributed by atoms with Crippen LogP contribution in [0.4, 0.5) is 5.69 Å². The average Bonchev–Trinajstić information content (AvgIpc) is 3.08. The van der Waals surface area contributed by atoms with E-state index in [2.05, 4.69) is 31.1 Å². The number of aryl methyl sites for hydroxylation is 4. The molecule has 3 aromatic rings. The molecule has 1 aliphatic heterocycles. The van der Waals surface area contributed by atoms with Gasteiger partial charge in [0, 0.05) is 24.7 Å². The third-order valence-electron chi connectivity index (χ3n) is 4.85. The highest BCUT2D eigenvalue weighted by Crippen LogP contribution is 2.34. The minimum absolute atomic E-state index is 0.113. The predicted molar refractivity (Wildman–Crippen MR) is 99.2 cm³/mol. The van der Waals surface area contributed by atoms with Crippen molar-refractivity contribution in [1.82, 2.24) is 9.78 Å². The maximum Gasteiger partial charge on any atom is 0.268 e. The normalized spacial score (nSPS) is 14.2. The van der Waals surface area contributed by atoms with Crippen LogP contribution >= 0.6 is 11.3 Å². The molecule has 1 amide bonds. The maximum atomic E-state index is 13.2. The summed E-state index contributed by atoms with van der Waals surface area (Å²) in [5, 5.41) is 5.51. The largest absolute Gasteiger partial charge is 0.307 e. The monoisotopic (exact) mass is 339 g/mol. The van der Waals surface area contributed by atoms with E-state index in [1.165, 1.54) is 28.0 Å². The number of hydrogen-bond acceptors (Lipinski definition) is 3. The Bertz CT molecular complexity index is 932. The highest BCUT2D eigenvalue weighted by Gasteiger charge is 2.26. The molecule has 0 radical (unpaired) electrons. The Kier molecular flexibility index (Phi) is 3.49. The minimum Gasteiger partial charge on any atom is -0.307 e. The third kappa shape index (κ3) is 2.26. The van der Waals surface area contributed by atoms with E-state index in [9.17, 15) is 4.79 Å². The number of rotatable bonds is 1. The van der Waals surface area contributed by atoms with E-state index in [1.807, 2.05) is 29.6 Å². The van der Waals surface area contributed by atoms with Gasteiger partial charge in [-0.25, -0.2) is 0 Å². The molecule has 0 N–H and O–H groups in total. The second-order valence-corrected chi connectivity index (χ2v) is 7.71. The van der Waals surface area contributed by atoms with Crippen LogP contribution in [0.1, 0.15) is 38.5 Å². The second-order valence-electron chi connectivity index (χ2n) is 6.68. The first kappa shape index (κ1) is 15.4. The average molecular weight is 339 g/mol. The van der Waals surface area contributed by atoms with Crippen molar-refractivity contribution < 1.29 is 4.79 Å². The molecule has 1 aliphatic rings. The SMILES string of the molecule is Cc1cc(C)c2c(c1)N(C(=O)c1cc3c(C)nn(C)c3s1)CCC2.